The molecule has 0 heterocycles. The second-order valence-electron chi connectivity index (χ2n) is 5.46. The Morgan fingerprint density at radius 2 is 2.05 bits per heavy atom. The predicted molar refractivity (Wildman–Crippen MR) is 75.9 cm³/mol. The van der Waals surface area contributed by atoms with Crippen LogP contribution in [0.4, 0.5) is 5.69 Å². The van der Waals surface area contributed by atoms with E-state index in [2.05, 4.69) is 5.32 Å². The highest BCUT2D eigenvalue weighted by Crippen LogP contribution is 2.23. The predicted octanol–water partition coefficient (Wildman–Crippen LogP) is 1.86. The van der Waals surface area contributed by atoms with Gasteiger partial charge in [-0.15, -0.1) is 0 Å². The smallest absolute Gasteiger partial charge is 0.251 e. The highest BCUT2D eigenvalue weighted by molar-refractivity contribution is 5.96. The number of hydrogen-bond acceptors (Lipinski definition) is 3. The lowest BCUT2D eigenvalue weighted by molar-refractivity contribution is 0.0910. The van der Waals surface area contributed by atoms with Crippen LogP contribution in [-0.2, 0) is 0 Å². The molecule has 19 heavy (non-hydrogen) atoms. The van der Waals surface area contributed by atoms with E-state index in [1.807, 2.05) is 13.0 Å². The molecule has 1 aliphatic rings. The number of amides is 1. The zero-order chi connectivity index (χ0) is 13.8. The third kappa shape index (κ3) is 3.70. The summed E-state index contributed by atoms with van der Waals surface area (Å²) in [5.41, 5.74) is 7.90. The summed E-state index contributed by atoms with van der Waals surface area (Å²) in [5, 5.41) is 12.4. The van der Waals surface area contributed by atoms with Crippen molar-refractivity contribution in [2.75, 3.05) is 12.3 Å². The van der Waals surface area contributed by atoms with Crippen LogP contribution in [0.15, 0.2) is 18.2 Å². The van der Waals surface area contributed by atoms with Gasteiger partial charge in [-0.25, -0.2) is 0 Å². The summed E-state index contributed by atoms with van der Waals surface area (Å²) in [6, 6.07) is 5.38. The summed E-state index contributed by atoms with van der Waals surface area (Å²) in [7, 11) is 0. The molecule has 104 valence electrons. The summed E-state index contributed by atoms with van der Waals surface area (Å²) < 4.78 is 0. The van der Waals surface area contributed by atoms with Crippen molar-refractivity contribution >= 4 is 11.6 Å². The second-order valence-corrected chi connectivity index (χ2v) is 5.46. The number of aliphatic hydroxyl groups is 1. The van der Waals surface area contributed by atoms with Crippen molar-refractivity contribution in [3.8, 4) is 0 Å². The third-order valence-electron chi connectivity index (χ3n) is 3.87. The van der Waals surface area contributed by atoms with Crippen LogP contribution in [0.1, 0.15) is 41.6 Å². The van der Waals surface area contributed by atoms with Gasteiger partial charge in [0.2, 0.25) is 0 Å². The van der Waals surface area contributed by atoms with Gasteiger partial charge in [-0.2, -0.15) is 0 Å². The van der Waals surface area contributed by atoms with Crippen LogP contribution < -0.4 is 11.1 Å². The molecule has 1 aromatic rings. The van der Waals surface area contributed by atoms with Crippen molar-refractivity contribution < 1.29 is 9.90 Å². The van der Waals surface area contributed by atoms with Crippen LogP contribution in [0, 0.1) is 12.8 Å². The first kappa shape index (κ1) is 13.9. The molecule has 4 N–H and O–H groups in total. The number of anilines is 1. The SMILES string of the molecule is Cc1ccc(N)cc1C(=O)NCC1CCC(O)CC1. The first-order valence-electron chi connectivity index (χ1n) is 6.88. The van der Waals surface area contributed by atoms with E-state index in [1.54, 1.807) is 12.1 Å². The van der Waals surface area contributed by atoms with Crippen molar-refractivity contribution in [2.45, 2.75) is 38.7 Å². The molecule has 0 spiro atoms. The number of nitrogens with two attached hydrogens (primary N) is 1. The van der Waals surface area contributed by atoms with E-state index in [4.69, 9.17) is 5.73 Å². The second kappa shape index (κ2) is 6.06. The molecule has 0 aromatic heterocycles. The van der Waals surface area contributed by atoms with E-state index in [9.17, 15) is 9.90 Å². The van der Waals surface area contributed by atoms with Crippen molar-refractivity contribution in [1.29, 1.82) is 0 Å². The molecule has 0 aliphatic heterocycles. The molecule has 1 amide bonds. The Bertz CT molecular complexity index is 451. The fourth-order valence-corrected chi connectivity index (χ4v) is 2.57. The molecule has 0 saturated heterocycles. The Kier molecular flexibility index (Phi) is 4.43. The first-order valence-corrected chi connectivity index (χ1v) is 6.88. The zero-order valence-electron chi connectivity index (χ0n) is 11.4. The van der Waals surface area contributed by atoms with Crippen LogP contribution in [-0.4, -0.2) is 23.7 Å². The summed E-state index contributed by atoms with van der Waals surface area (Å²) in [5.74, 6) is 0.421. The van der Waals surface area contributed by atoms with Crippen LogP contribution in [0.2, 0.25) is 0 Å². The van der Waals surface area contributed by atoms with Crippen molar-refractivity contribution in [3.05, 3.63) is 29.3 Å². The molecule has 0 radical (unpaired) electrons. The lowest BCUT2D eigenvalue weighted by Crippen LogP contribution is -2.32. The van der Waals surface area contributed by atoms with E-state index >= 15 is 0 Å². The first-order chi connectivity index (χ1) is 9.06. The number of nitrogens with one attached hydrogen (secondary N) is 1. The van der Waals surface area contributed by atoms with Gasteiger partial charge in [0.05, 0.1) is 6.10 Å². The van der Waals surface area contributed by atoms with Gasteiger partial charge >= 0.3 is 0 Å². The molecular weight excluding hydrogens is 240 g/mol. The molecule has 0 bridgehead atoms. The molecule has 4 heteroatoms. The number of rotatable bonds is 3. The average molecular weight is 262 g/mol. The Morgan fingerprint density at radius 3 is 2.74 bits per heavy atom. The van der Waals surface area contributed by atoms with Crippen LogP contribution in [0.3, 0.4) is 0 Å². The third-order valence-corrected chi connectivity index (χ3v) is 3.87. The number of carbonyl (C=O) groups is 1. The quantitative estimate of drug-likeness (QED) is 0.728. The van der Waals surface area contributed by atoms with E-state index in [-0.39, 0.29) is 12.0 Å². The van der Waals surface area contributed by atoms with E-state index < -0.39 is 0 Å². The summed E-state index contributed by atoms with van der Waals surface area (Å²) in [6.45, 7) is 2.59. The fraction of sp³-hybridized carbons (Fsp3) is 0.533. The zero-order valence-corrected chi connectivity index (χ0v) is 11.4. The minimum atomic E-state index is -0.150. The van der Waals surface area contributed by atoms with E-state index in [0.29, 0.717) is 23.7 Å². The minimum Gasteiger partial charge on any atom is -0.399 e. The highest BCUT2D eigenvalue weighted by Gasteiger charge is 2.20. The maximum atomic E-state index is 12.1. The minimum absolute atomic E-state index is 0.0593. The van der Waals surface area contributed by atoms with Gasteiger partial charge in [-0.3, -0.25) is 4.79 Å². The molecule has 0 unspecified atom stereocenters. The monoisotopic (exact) mass is 262 g/mol. The molecule has 4 nitrogen and oxygen atoms in total. The number of aliphatic hydroxyl groups excluding tert-OH is 1. The van der Waals surface area contributed by atoms with Gasteiger partial charge in [0.1, 0.15) is 0 Å². The van der Waals surface area contributed by atoms with Gasteiger partial charge in [-0.1, -0.05) is 6.07 Å². The summed E-state index contributed by atoms with van der Waals surface area (Å²) in [6.07, 6.45) is 3.51. The van der Waals surface area contributed by atoms with Crippen LogP contribution in [0.5, 0.6) is 0 Å². The van der Waals surface area contributed by atoms with Gasteiger partial charge < -0.3 is 16.2 Å². The van der Waals surface area contributed by atoms with Gasteiger partial charge in [0, 0.05) is 17.8 Å². The lowest BCUT2D eigenvalue weighted by Gasteiger charge is -2.25. The van der Waals surface area contributed by atoms with Crippen LogP contribution >= 0.6 is 0 Å². The lowest BCUT2D eigenvalue weighted by atomic mass is 9.87. The molecule has 0 atom stereocenters. The molecule has 1 aromatic carbocycles. The number of carbonyl (C=O) groups excluding carboxylic acids is 1. The summed E-state index contributed by atoms with van der Waals surface area (Å²) >= 11 is 0. The molecular formula is C15H22N2O2. The maximum Gasteiger partial charge on any atom is 0.251 e. The number of benzene rings is 1. The molecule has 2 rings (SSSR count). The maximum absolute atomic E-state index is 12.1. The Labute approximate surface area is 114 Å². The Hall–Kier alpha value is -1.55. The van der Waals surface area contributed by atoms with Gasteiger partial charge in [-0.05, 0) is 56.2 Å². The average Bonchev–Trinajstić information content (AvgIpc) is 2.40. The number of nitrogen functional groups attached to an aromatic ring is 1. The standard InChI is InChI=1S/C15H22N2O2/c1-10-2-5-12(16)8-14(10)15(19)17-9-11-3-6-13(18)7-4-11/h2,5,8,11,13,18H,3-4,6-7,9,16H2,1H3,(H,17,19). The van der Waals surface area contributed by atoms with Crippen molar-refractivity contribution in [2.24, 2.45) is 5.92 Å². The molecule has 1 fully saturated rings. The summed E-state index contributed by atoms with van der Waals surface area (Å²) in [4.78, 5) is 12.1. The molecule has 1 aliphatic carbocycles. The Morgan fingerprint density at radius 1 is 1.37 bits per heavy atom. The fourth-order valence-electron chi connectivity index (χ4n) is 2.57. The topological polar surface area (TPSA) is 75.4 Å². The van der Waals surface area contributed by atoms with Gasteiger partial charge in [0.25, 0.3) is 5.91 Å². The number of aryl methyl sites for hydroxylation is 1. The van der Waals surface area contributed by atoms with E-state index in [1.165, 1.54) is 0 Å². The van der Waals surface area contributed by atoms with Crippen molar-refractivity contribution in [1.82, 2.24) is 5.32 Å². The largest absolute Gasteiger partial charge is 0.399 e. The highest BCUT2D eigenvalue weighted by atomic mass is 16.3. The Balaban J connectivity index is 1.89. The number of hydrogen-bond donors (Lipinski definition) is 3. The molecule has 1 saturated carbocycles. The van der Waals surface area contributed by atoms with Crippen LogP contribution in [0.25, 0.3) is 0 Å². The van der Waals surface area contributed by atoms with Gasteiger partial charge in [0.15, 0.2) is 0 Å². The normalized spacial score (nSPS) is 23.1. The van der Waals surface area contributed by atoms with Crippen molar-refractivity contribution in [3.63, 3.8) is 0 Å². The van der Waals surface area contributed by atoms with E-state index in [0.717, 1.165) is 31.2 Å².